The third kappa shape index (κ3) is 6.29. The SMILES string of the molecule is CCCCc1ccc(NS(=O)(=O)c2ccc(Cl)c(C(=O)NCc3ccccn3)c2)cc1. The van der Waals surface area contributed by atoms with E-state index in [9.17, 15) is 13.2 Å². The molecule has 0 aliphatic heterocycles. The van der Waals surface area contributed by atoms with Crippen LogP contribution < -0.4 is 10.0 Å². The normalized spacial score (nSPS) is 11.2. The third-order valence-electron chi connectivity index (χ3n) is 4.67. The molecule has 2 aromatic carbocycles. The molecule has 1 aromatic heterocycles. The molecular formula is C23H24ClN3O3S. The maximum absolute atomic E-state index is 12.8. The molecule has 162 valence electrons. The van der Waals surface area contributed by atoms with Gasteiger partial charge in [0.25, 0.3) is 15.9 Å². The largest absolute Gasteiger partial charge is 0.346 e. The fourth-order valence-electron chi connectivity index (χ4n) is 2.95. The Balaban J connectivity index is 1.73. The van der Waals surface area contributed by atoms with Crippen molar-refractivity contribution in [2.75, 3.05) is 4.72 Å². The van der Waals surface area contributed by atoms with Gasteiger partial charge in [0.15, 0.2) is 0 Å². The number of rotatable bonds is 9. The van der Waals surface area contributed by atoms with Gasteiger partial charge in [-0.05, 0) is 60.9 Å². The summed E-state index contributed by atoms with van der Waals surface area (Å²) in [7, 11) is -3.88. The molecule has 0 aliphatic rings. The molecule has 0 bridgehead atoms. The van der Waals surface area contributed by atoms with Crippen molar-refractivity contribution in [1.82, 2.24) is 10.3 Å². The molecule has 3 rings (SSSR count). The number of pyridine rings is 1. The van der Waals surface area contributed by atoms with E-state index in [1.165, 1.54) is 18.2 Å². The van der Waals surface area contributed by atoms with Crippen molar-refractivity contribution in [3.05, 3.63) is 88.7 Å². The van der Waals surface area contributed by atoms with Gasteiger partial charge in [-0.1, -0.05) is 43.1 Å². The molecule has 8 heteroatoms. The second-order valence-electron chi connectivity index (χ2n) is 7.05. The summed E-state index contributed by atoms with van der Waals surface area (Å²) in [6, 6.07) is 16.7. The highest BCUT2D eigenvalue weighted by atomic mass is 35.5. The van der Waals surface area contributed by atoms with Crippen molar-refractivity contribution >= 4 is 33.2 Å². The summed E-state index contributed by atoms with van der Waals surface area (Å²) in [6.45, 7) is 2.33. The van der Waals surface area contributed by atoms with Gasteiger partial charge >= 0.3 is 0 Å². The summed E-state index contributed by atoms with van der Waals surface area (Å²) in [6.07, 6.45) is 4.77. The van der Waals surface area contributed by atoms with Crippen LogP contribution in [0.2, 0.25) is 5.02 Å². The van der Waals surface area contributed by atoms with Crippen molar-refractivity contribution in [2.24, 2.45) is 0 Å². The van der Waals surface area contributed by atoms with E-state index >= 15 is 0 Å². The molecule has 0 saturated heterocycles. The molecule has 31 heavy (non-hydrogen) atoms. The van der Waals surface area contributed by atoms with E-state index < -0.39 is 15.9 Å². The minimum atomic E-state index is -3.88. The lowest BCUT2D eigenvalue weighted by Gasteiger charge is -2.11. The van der Waals surface area contributed by atoms with Gasteiger partial charge in [-0.2, -0.15) is 0 Å². The molecule has 0 fully saturated rings. The number of anilines is 1. The van der Waals surface area contributed by atoms with Crippen LogP contribution in [-0.2, 0) is 23.0 Å². The Morgan fingerprint density at radius 1 is 1.06 bits per heavy atom. The number of carbonyl (C=O) groups excluding carboxylic acids is 1. The molecule has 0 unspecified atom stereocenters. The standard InChI is InChI=1S/C23H24ClN3O3S/c1-2-3-6-17-8-10-18(11-9-17)27-31(29,30)20-12-13-22(24)21(15-20)23(28)26-16-19-7-4-5-14-25-19/h4-5,7-15,27H,2-3,6,16H2,1H3,(H,26,28). The minimum Gasteiger partial charge on any atom is -0.346 e. The third-order valence-corrected chi connectivity index (χ3v) is 6.38. The number of hydrogen-bond acceptors (Lipinski definition) is 4. The van der Waals surface area contributed by atoms with Gasteiger partial charge in [-0.15, -0.1) is 0 Å². The maximum atomic E-state index is 12.8. The zero-order chi connectivity index (χ0) is 22.3. The van der Waals surface area contributed by atoms with Gasteiger partial charge in [-0.3, -0.25) is 14.5 Å². The van der Waals surface area contributed by atoms with E-state index in [1.807, 2.05) is 18.2 Å². The predicted octanol–water partition coefficient (Wildman–Crippen LogP) is 4.81. The maximum Gasteiger partial charge on any atom is 0.261 e. The predicted molar refractivity (Wildman–Crippen MR) is 123 cm³/mol. The average molecular weight is 458 g/mol. The van der Waals surface area contributed by atoms with Crippen molar-refractivity contribution < 1.29 is 13.2 Å². The second-order valence-corrected chi connectivity index (χ2v) is 9.14. The quantitative estimate of drug-likeness (QED) is 0.482. The molecule has 0 spiro atoms. The fraction of sp³-hybridized carbons (Fsp3) is 0.217. The van der Waals surface area contributed by atoms with Gasteiger partial charge < -0.3 is 5.32 Å². The Hall–Kier alpha value is -2.90. The molecule has 1 heterocycles. The summed E-state index contributed by atoms with van der Waals surface area (Å²) in [5, 5.41) is 2.87. The second kappa shape index (κ2) is 10.4. The van der Waals surface area contributed by atoms with Crippen LogP contribution in [0.5, 0.6) is 0 Å². The molecule has 0 radical (unpaired) electrons. The number of hydrogen-bond donors (Lipinski definition) is 2. The molecule has 0 saturated carbocycles. The minimum absolute atomic E-state index is 0.0463. The number of aromatic nitrogens is 1. The Bertz CT molecular complexity index is 1130. The van der Waals surface area contributed by atoms with Gasteiger partial charge in [0.1, 0.15) is 0 Å². The van der Waals surface area contributed by atoms with E-state index in [0.29, 0.717) is 11.4 Å². The topological polar surface area (TPSA) is 88.2 Å². The highest BCUT2D eigenvalue weighted by Gasteiger charge is 2.19. The molecule has 0 atom stereocenters. The number of amides is 1. The monoisotopic (exact) mass is 457 g/mol. The summed E-state index contributed by atoms with van der Waals surface area (Å²) in [5.41, 5.74) is 2.37. The number of halogens is 1. The fourth-order valence-corrected chi connectivity index (χ4v) is 4.24. The summed E-state index contributed by atoms with van der Waals surface area (Å²) in [5.74, 6) is -0.479. The van der Waals surface area contributed by atoms with Crippen LogP contribution in [0, 0.1) is 0 Å². The zero-order valence-corrected chi connectivity index (χ0v) is 18.7. The summed E-state index contributed by atoms with van der Waals surface area (Å²) in [4.78, 5) is 16.7. The smallest absolute Gasteiger partial charge is 0.261 e. The number of aryl methyl sites for hydroxylation is 1. The number of carbonyl (C=O) groups is 1. The lowest BCUT2D eigenvalue weighted by atomic mass is 10.1. The van der Waals surface area contributed by atoms with Gasteiger partial charge in [0, 0.05) is 11.9 Å². The first kappa shape index (κ1) is 22.8. The van der Waals surface area contributed by atoms with Crippen molar-refractivity contribution in [3.8, 4) is 0 Å². The number of unbranched alkanes of at least 4 members (excludes halogenated alkanes) is 1. The Morgan fingerprint density at radius 3 is 2.52 bits per heavy atom. The van der Waals surface area contributed by atoms with E-state index in [0.717, 1.165) is 24.8 Å². The number of benzene rings is 2. The van der Waals surface area contributed by atoms with Gasteiger partial charge in [0.2, 0.25) is 0 Å². The van der Waals surface area contributed by atoms with E-state index in [-0.39, 0.29) is 22.0 Å². The Labute approximate surface area is 187 Å². The highest BCUT2D eigenvalue weighted by molar-refractivity contribution is 7.92. The first-order chi connectivity index (χ1) is 14.9. The first-order valence-electron chi connectivity index (χ1n) is 9.98. The highest BCUT2D eigenvalue weighted by Crippen LogP contribution is 2.23. The van der Waals surface area contributed by atoms with E-state index in [4.69, 9.17) is 11.6 Å². The van der Waals surface area contributed by atoms with Gasteiger partial charge in [-0.25, -0.2) is 8.42 Å². The molecular weight excluding hydrogens is 434 g/mol. The van der Waals surface area contributed by atoms with Crippen molar-refractivity contribution in [1.29, 1.82) is 0 Å². The number of nitrogens with zero attached hydrogens (tertiary/aromatic N) is 1. The van der Waals surface area contributed by atoms with Gasteiger partial charge in [0.05, 0.1) is 27.7 Å². The lowest BCUT2D eigenvalue weighted by Crippen LogP contribution is -2.24. The van der Waals surface area contributed by atoms with Crippen LogP contribution in [0.3, 0.4) is 0 Å². The number of nitrogens with one attached hydrogen (secondary N) is 2. The molecule has 2 N–H and O–H groups in total. The Kier molecular flexibility index (Phi) is 7.65. The first-order valence-corrected chi connectivity index (χ1v) is 11.8. The zero-order valence-electron chi connectivity index (χ0n) is 17.1. The van der Waals surface area contributed by atoms with E-state index in [2.05, 4.69) is 21.9 Å². The molecule has 1 amide bonds. The molecule has 0 aliphatic carbocycles. The van der Waals surface area contributed by atoms with Crippen LogP contribution in [0.25, 0.3) is 0 Å². The lowest BCUT2D eigenvalue weighted by molar-refractivity contribution is 0.0950. The van der Waals surface area contributed by atoms with Crippen LogP contribution in [0.4, 0.5) is 5.69 Å². The van der Waals surface area contributed by atoms with Crippen LogP contribution in [0.15, 0.2) is 71.8 Å². The Morgan fingerprint density at radius 2 is 1.84 bits per heavy atom. The molecule has 6 nitrogen and oxygen atoms in total. The summed E-state index contributed by atoms with van der Waals surface area (Å²) >= 11 is 6.15. The molecule has 3 aromatic rings. The number of sulfonamides is 1. The van der Waals surface area contributed by atoms with Crippen molar-refractivity contribution in [2.45, 2.75) is 37.6 Å². The van der Waals surface area contributed by atoms with Crippen LogP contribution >= 0.6 is 11.6 Å². The van der Waals surface area contributed by atoms with E-state index in [1.54, 1.807) is 30.5 Å². The van der Waals surface area contributed by atoms with Crippen LogP contribution in [-0.4, -0.2) is 19.3 Å². The average Bonchev–Trinajstić information content (AvgIpc) is 2.77. The van der Waals surface area contributed by atoms with Crippen LogP contribution in [0.1, 0.15) is 41.4 Å². The summed E-state index contributed by atoms with van der Waals surface area (Å²) < 4.78 is 28.2. The van der Waals surface area contributed by atoms with Crippen molar-refractivity contribution in [3.63, 3.8) is 0 Å².